The van der Waals surface area contributed by atoms with Crippen molar-refractivity contribution in [3.05, 3.63) is 18.5 Å². The smallest absolute Gasteiger partial charge is 0.253 e. The summed E-state index contributed by atoms with van der Waals surface area (Å²) in [5.74, 6) is 1.13. The minimum absolute atomic E-state index is 0.171. The third kappa shape index (κ3) is 2.31. The summed E-state index contributed by atoms with van der Waals surface area (Å²) in [6.45, 7) is 1.78. The van der Waals surface area contributed by atoms with Crippen molar-refractivity contribution in [1.82, 2.24) is 24.5 Å². The highest BCUT2D eigenvalue weighted by Crippen LogP contribution is 2.16. The third-order valence-corrected chi connectivity index (χ3v) is 3.70. The van der Waals surface area contributed by atoms with Crippen LogP contribution in [0, 0.1) is 0 Å². The zero-order valence-corrected chi connectivity index (χ0v) is 10.6. The number of fused-ring (bicyclic) bond motifs is 1. The zero-order valence-electron chi connectivity index (χ0n) is 9.82. The summed E-state index contributed by atoms with van der Waals surface area (Å²) >= 11 is 1.37. The predicted molar refractivity (Wildman–Crippen MR) is 67.3 cm³/mol. The van der Waals surface area contributed by atoms with Gasteiger partial charge >= 0.3 is 0 Å². The number of amides is 1. The molecule has 1 fully saturated rings. The summed E-state index contributed by atoms with van der Waals surface area (Å²) in [5, 5.41) is 4.84. The Morgan fingerprint density at radius 2 is 2.22 bits per heavy atom. The average molecular weight is 263 g/mol. The molecule has 3 heterocycles. The highest BCUT2D eigenvalue weighted by molar-refractivity contribution is 7.99. The minimum atomic E-state index is 0.171. The summed E-state index contributed by atoms with van der Waals surface area (Å²) in [7, 11) is 0. The summed E-state index contributed by atoms with van der Waals surface area (Å²) in [4.78, 5) is 22.1. The van der Waals surface area contributed by atoms with E-state index in [0.717, 1.165) is 25.9 Å². The number of rotatable bonds is 3. The van der Waals surface area contributed by atoms with E-state index in [9.17, 15) is 4.79 Å². The van der Waals surface area contributed by atoms with Crippen LogP contribution in [0.15, 0.2) is 23.6 Å². The molecule has 94 valence electrons. The lowest BCUT2D eigenvalue weighted by Gasteiger charge is -2.13. The second-order valence-corrected chi connectivity index (χ2v) is 5.08. The number of carbonyl (C=O) groups is 1. The van der Waals surface area contributed by atoms with Gasteiger partial charge in [0.2, 0.25) is 11.1 Å². The number of thioether (sulfide) groups is 1. The van der Waals surface area contributed by atoms with Gasteiger partial charge in [0.1, 0.15) is 0 Å². The summed E-state index contributed by atoms with van der Waals surface area (Å²) < 4.78 is 1.61. The normalized spacial score (nSPS) is 15.4. The Hall–Kier alpha value is -1.63. The van der Waals surface area contributed by atoms with Crippen molar-refractivity contribution in [2.45, 2.75) is 18.0 Å². The first-order valence-corrected chi connectivity index (χ1v) is 6.89. The first-order chi connectivity index (χ1) is 8.83. The molecule has 7 heteroatoms. The number of hydrogen-bond acceptors (Lipinski definition) is 5. The molecule has 0 radical (unpaired) electrons. The fourth-order valence-corrected chi connectivity index (χ4v) is 2.69. The first kappa shape index (κ1) is 11.5. The van der Waals surface area contributed by atoms with E-state index in [1.807, 2.05) is 4.90 Å². The quantitative estimate of drug-likeness (QED) is 0.768. The number of carbonyl (C=O) groups excluding carboxylic acids is 1. The number of likely N-dealkylation sites (tertiary alicyclic amines) is 1. The lowest BCUT2D eigenvalue weighted by atomic mass is 10.4. The molecule has 0 N–H and O–H groups in total. The first-order valence-electron chi connectivity index (χ1n) is 5.91. The molecule has 0 aliphatic carbocycles. The van der Waals surface area contributed by atoms with Crippen LogP contribution < -0.4 is 0 Å². The Labute approximate surface area is 108 Å². The maximum atomic E-state index is 11.9. The van der Waals surface area contributed by atoms with Gasteiger partial charge in [0.05, 0.1) is 5.75 Å². The Kier molecular flexibility index (Phi) is 3.14. The number of aromatic nitrogens is 4. The van der Waals surface area contributed by atoms with Gasteiger partial charge in [-0.2, -0.15) is 4.98 Å². The van der Waals surface area contributed by atoms with E-state index in [1.54, 1.807) is 23.0 Å². The minimum Gasteiger partial charge on any atom is -0.342 e. The molecule has 0 aromatic carbocycles. The largest absolute Gasteiger partial charge is 0.342 e. The second-order valence-electron chi connectivity index (χ2n) is 4.14. The predicted octanol–water partition coefficient (Wildman–Crippen LogP) is 0.839. The van der Waals surface area contributed by atoms with E-state index >= 15 is 0 Å². The Morgan fingerprint density at radius 1 is 1.39 bits per heavy atom. The SMILES string of the molecule is O=C(CSc1nc2ncccn2n1)N1CCCC1. The van der Waals surface area contributed by atoms with Crippen molar-refractivity contribution in [3.8, 4) is 0 Å². The molecule has 0 unspecified atom stereocenters. The van der Waals surface area contributed by atoms with E-state index < -0.39 is 0 Å². The molecule has 1 aliphatic rings. The molecule has 0 atom stereocenters. The highest BCUT2D eigenvalue weighted by atomic mass is 32.2. The molecule has 6 nitrogen and oxygen atoms in total. The van der Waals surface area contributed by atoms with Crippen LogP contribution in [0.3, 0.4) is 0 Å². The maximum Gasteiger partial charge on any atom is 0.253 e. The third-order valence-electron chi connectivity index (χ3n) is 2.88. The van der Waals surface area contributed by atoms with E-state index in [0.29, 0.717) is 16.7 Å². The van der Waals surface area contributed by atoms with Gasteiger partial charge in [-0.15, -0.1) is 5.10 Å². The standard InChI is InChI=1S/C11H13N5OS/c17-9(15-5-1-2-6-15)8-18-11-13-10-12-4-3-7-16(10)14-11/h3-4,7H,1-2,5-6,8H2. The molecule has 0 saturated carbocycles. The van der Waals surface area contributed by atoms with Crippen molar-refractivity contribution >= 4 is 23.4 Å². The fourth-order valence-electron chi connectivity index (χ4n) is 1.96. The lowest BCUT2D eigenvalue weighted by molar-refractivity contribution is -0.127. The molecule has 18 heavy (non-hydrogen) atoms. The Bertz CT molecular complexity index is 530. The van der Waals surface area contributed by atoms with Crippen molar-refractivity contribution in [2.75, 3.05) is 18.8 Å². The molecule has 0 bridgehead atoms. The second kappa shape index (κ2) is 4.93. The van der Waals surface area contributed by atoms with Gasteiger partial charge in [-0.05, 0) is 18.9 Å². The van der Waals surface area contributed by atoms with E-state index in [2.05, 4.69) is 15.1 Å². The van der Waals surface area contributed by atoms with Gasteiger partial charge in [-0.3, -0.25) is 4.79 Å². The summed E-state index contributed by atoms with van der Waals surface area (Å²) in [6.07, 6.45) is 5.70. The molecule has 1 saturated heterocycles. The van der Waals surface area contributed by atoms with Gasteiger partial charge in [0.25, 0.3) is 5.78 Å². The van der Waals surface area contributed by atoms with E-state index in [1.165, 1.54) is 11.8 Å². The number of nitrogens with zero attached hydrogens (tertiary/aromatic N) is 5. The molecule has 1 aliphatic heterocycles. The van der Waals surface area contributed by atoms with Crippen LogP contribution in [0.5, 0.6) is 0 Å². The lowest BCUT2D eigenvalue weighted by Crippen LogP contribution is -2.29. The van der Waals surface area contributed by atoms with Crippen LogP contribution in [-0.4, -0.2) is 49.2 Å². The topological polar surface area (TPSA) is 63.4 Å². The molecule has 2 aromatic rings. The highest BCUT2D eigenvalue weighted by Gasteiger charge is 2.18. The molecule has 0 spiro atoms. The fraction of sp³-hybridized carbons (Fsp3) is 0.455. The van der Waals surface area contributed by atoms with Crippen molar-refractivity contribution < 1.29 is 4.79 Å². The average Bonchev–Trinajstić information content (AvgIpc) is 3.04. The van der Waals surface area contributed by atoms with Crippen LogP contribution in [-0.2, 0) is 4.79 Å². The Balaban J connectivity index is 1.63. The summed E-state index contributed by atoms with van der Waals surface area (Å²) in [6, 6.07) is 1.80. The molecule has 1 amide bonds. The summed E-state index contributed by atoms with van der Waals surface area (Å²) in [5.41, 5.74) is 0. The molecule has 3 rings (SSSR count). The van der Waals surface area contributed by atoms with Crippen LogP contribution >= 0.6 is 11.8 Å². The molecule has 2 aromatic heterocycles. The van der Waals surface area contributed by atoms with Crippen LogP contribution in [0.2, 0.25) is 0 Å². The zero-order chi connectivity index (χ0) is 12.4. The maximum absolute atomic E-state index is 11.9. The Morgan fingerprint density at radius 3 is 3.00 bits per heavy atom. The van der Waals surface area contributed by atoms with Gasteiger partial charge < -0.3 is 4.90 Å². The van der Waals surface area contributed by atoms with Gasteiger partial charge in [-0.25, -0.2) is 9.50 Å². The monoisotopic (exact) mass is 263 g/mol. The van der Waals surface area contributed by atoms with Gasteiger partial charge in [-0.1, -0.05) is 11.8 Å². The van der Waals surface area contributed by atoms with E-state index in [-0.39, 0.29) is 5.91 Å². The van der Waals surface area contributed by atoms with Crippen molar-refractivity contribution in [2.24, 2.45) is 0 Å². The molecular formula is C11H13N5OS. The van der Waals surface area contributed by atoms with Crippen molar-refractivity contribution in [1.29, 1.82) is 0 Å². The van der Waals surface area contributed by atoms with Crippen molar-refractivity contribution in [3.63, 3.8) is 0 Å². The number of hydrogen-bond donors (Lipinski definition) is 0. The van der Waals surface area contributed by atoms with Crippen LogP contribution in [0.1, 0.15) is 12.8 Å². The van der Waals surface area contributed by atoms with E-state index in [4.69, 9.17) is 0 Å². The molecular weight excluding hydrogens is 250 g/mol. The van der Waals surface area contributed by atoms with Crippen LogP contribution in [0.4, 0.5) is 0 Å². The van der Waals surface area contributed by atoms with Gasteiger partial charge in [0.15, 0.2) is 0 Å². The van der Waals surface area contributed by atoms with Gasteiger partial charge in [0, 0.05) is 25.5 Å². The van der Waals surface area contributed by atoms with Crippen LogP contribution in [0.25, 0.3) is 5.78 Å².